The molecule has 0 aromatic heterocycles. The van der Waals surface area contributed by atoms with E-state index in [0.29, 0.717) is 39.2 Å². The first-order chi connectivity index (χ1) is 8.93. The minimum Gasteiger partial charge on any atom is -0.380 e. The lowest BCUT2D eigenvalue weighted by atomic mass is 10.1. The smallest absolute Gasteiger partial charge is 0.222 e. The normalized spacial score (nSPS) is 11.1. The molecule has 0 saturated carbocycles. The van der Waals surface area contributed by atoms with Gasteiger partial charge in [0.25, 0.3) is 0 Å². The van der Waals surface area contributed by atoms with Crippen molar-refractivity contribution >= 4 is 11.7 Å². The highest BCUT2D eigenvalue weighted by molar-refractivity contribution is 5.80. The van der Waals surface area contributed by atoms with E-state index >= 15 is 0 Å². The highest BCUT2D eigenvalue weighted by atomic mass is 16.5. The number of nitrogens with one attached hydrogen (secondary N) is 1. The fourth-order valence-electron chi connectivity index (χ4n) is 1.30. The Hall–Kier alpha value is -0.940. The van der Waals surface area contributed by atoms with Crippen molar-refractivity contribution in [3.63, 3.8) is 0 Å². The summed E-state index contributed by atoms with van der Waals surface area (Å²) in [4.78, 5) is 22.7. The van der Waals surface area contributed by atoms with Gasteiger partial charge in [-0.3, -0.25) is 9.59 Å². The van der Waals surface area contributed by atoms with E-state index in [-0.39, 0.29) is 23.7 Å². The molecule has 1 amide bonds. The van der Waals surface area contributed by atoms with Crippen LogP contribution in [0.1, 0.15) is 40.5 Å². The number of rotatable bonds is 11. The maximum absolute atomic E-state index is 11.4. The summed E-state index contributed by atoms with van der Waals surface area (Å²) in [6.07, 6.45) is 0.915. The van der Waals surface area contributed by atoms with Crippen LogP contribution < -0.4 is 5.32 Å². The lowest BCUT2D eigenvalue weighted by molar-refractivity contribution is -0.123. The van der Waals surface area contributed by atoms with E-state index in [9.17, 15) is 9.59 Å². The van der Waals surface area contributed by atoms with Crippen LogP contribution in [-0.2, 0) is 19.1 Å². The van der Waals surface area contributed by atoms with Crippen molar-refractivity contribution in [3.05, 3.63) is 0 Å². The van der Waals surface area contributed by atoms with Gasteiger partial charge in [-0.1, -0.05) is 13.8 Å². The van der Waals surface area contributed by atoms with Crippen LogP contribution in [0.2, 0.25) is 0 Å². The summed E-state index contributed by atoms with van der Waals surface area (Å²) in [5, 5.41) is 2.75. The summed E-state index contributed by atoms with van der Waals surface area (Å²) >= 11 is 0. The second-order valence-corrected chi connectivity index (χ2v) is 5.00. The summed E-state index contributed by atoms with van der Waals surface area (Å²) < 4.78 is 10.6. The largest absolute Gasteiger partial charge is 0.380 e. The molecule has 5 heteroatoms. The molecule has 0 unspecified atom stereocenters. The van der Waals surface area contributed by atoms with Gasteiger partial charge in [0.05, 0.1) is 25.9 Å². The van der Waals surface area contributed by atoms with Crippen molar-refractivity contribution in [1.82, 2.24) is 5.32 Å². The van der Waals surface area contributed by atoms with Crippen molar-refractivity contribution in [2.75, 3.05) is 26.4 Å². The average Bonchev–Trinajstić information content (AvgIpc) is 2.33. The van der Waals surface area contributed by atoms with Gasteiger partial charge in [-0.15, -0.1) is 0 Å². The summed E-state index contributed by atoms with van der Waals surface area (Å²) in [6, 6.07) is 0. The van der Waals surface area contributed by atoms with Crippen LogP contribution in [0.3, 0.4) is 0 Å². The number of amides is 1. The van der Waals surface area contributed by atoms with Crippen LogP contribution in [-0.4, -0.2) is 44.2 Å². The Kier molecular flexibility index (Phi) is 10.4. The molecule has 0 fully saturated rings. The molecule has 0 aliphatic heterocycles. The van der Waals surface area contributed by atoms with Crippen LogP contribution in [0.4, 0.5) is 0 Å². The lowest BCUT2D eigenvalue weighted by Crippen LogP contribution is -2.28. The molecule has 0 rings (SSSR count). The van der Waals surface area contributed by atoms with E-state index < -0.39 is 0 Å². The summed E-state index contributed by atoms with van der Waals surface area (Å²) in [5.74, 6) is 0.186. The Morgan fingerprint density at radius 1 is 1.00 bits per heavy atom. The molecule has 0 aliphatic carbocycles. The molecule has 0 bridgehead atoms. The van der Waals surface area contributed by atoms with E-state index in [0.717, 1.165) is 0 Å². The van der Waals surface area contributed by atoms with Crippen molar-refractivity contribution in [3.8, 4) is 0 Å². The van der Waals surface area contributed by atoms with Gasteiger partial charge in [0, 0.05) is 25.3 Å². The average molecular weight is 273 g/mol. The molecule has 0 aliphatic rings. The maximum atomic E-state index is 11.4. The zero-order valence-electron chi connectivity index (χ0n) is 12.5. The standard InChI is InChI=1S/C14H27NO4/c1-11(2)13(16)5-8-18-9-6-14(17)15-7-10-19-12(3)4/h11-12H,5-10H2,1-4H3,(H,15,17). The van der Waals surface area contributed by atoms with Crippen LogP contribution >= 0.6 is 0 Å². The highest BCUT2D eigenvalue weighted by Crippen LogP contribution is 1.98. The molecule has 5 nitrogen and oxygen atoms in total. The third-order valence-corrected chi connectivity index (χ3v) is 2.49. The lowest BCUT2D eigenvalue weighted by Gasteiger charge is -2.09. The van der Waals surface area contributed by atoms with Gasteiger partial charge in [0.15, 0.2) is 0 Å². The number of hydrogen-bond acceptors (Lipinski definition) is 4. The first-order valence-electron chi connectivity index (χ1n) is 6.92. The van der Waals surface area contributed by atoms with E-state index in [1.807, 2.05) is 27.7 Å². The number of ketones is 1. The van der Waals surface area contributed by atoms with Gasteiger partial charge < -0.3 is 14.8 Å². The van der Waals surface area contributed by atoms with Crippen LogP contribution in [0.25, 0.3) is 0 Å². The first kappa shape index (κ1) is 18.1. The van der Waals surface area contributed by atoms with Crippen molar-refractivity contribution in [2.24, 2.45) is 5.92 Å². The van der Waals surface area contributed by atoms with Gasteiger partial charge in [0.2, 0.25) is 5.91 Å². The monoisotopic (exact) mass is 273 g/mol. The minimum atomic E-state index is -0.0532. The maximum Gasteiger partial charge on any atom is 0.222 e. The zero-order chi connectivity index (χ0) is 14.7. The Morgan fingerprint density at radius 3 is 2.21 bits per heavy atom. The number of carbonyl (C=O) groups excluding carboxylic acids is 2. The Labute approximate surface area is 116 Å². The Morgan fingerprint density at radius 2 is 1.63 bits per heavy atom. The van der Waals surface area contributed by atoms with Gasteiger partial charge in [-0.2, -0.15) is 0 Å². The summed E-state index contributed by atoms with van der Waals surface area (Å²) in [6.45, 7) is 9.42. The molecule has 1 N–H and O–H groups in total. The van der Waals surface area contributed by atoms with E-state index in [2.05, 4.69) is 5.32 Å². The highest BCUT2D eigenvalue weighted by Gasteiger charge is 2.07. The Balaban J connectivity index is 3.36. The molecule has 0 heterocycles. The molecule has 0 saturated heterocycles. The minimum absolute atomic E-state index is 0.0489. The topological polar surface area (TPSA) is 64.6 Å². The molecular weight excluding hydrogens is 246 g/mol. The molecule has 0 atom stereocenters. The van der Waals surface area contributed by atoms with Crippen molar-refractivity contribution < 1.29 is 19.1 Å². The second kappa shape index (κ2) is 10.9. The van der Waals surface area contributed by atoms with E-state index in [1.54, 1.807) is 0 Å². The predicted octanol–water partition coefficient (Wildman–Crippen LogP) is 1.55. The van der Waals surface area contributed by atoms with Crippen molar-refractivity contribution in [1.29, 1.82) is 0 Å². The fraction of sp³-hybridized carbons (Fsp3) is 0.857. The third kappa shape index (κ3) is 11.9. The predicted molar refractivity (Wildman–Crippen MR) is 74.0 cm³/mol. The first-order valence-corrected chi connectivity index (χ1v) is 6.92. The van der Waals surface area contributed by atoms with Gasteiger partial charge in [-0.25, -0.2) is 0 Å². The van der Waals surface area contributed by atoms with Gasteiger partial charge >= 0.3 is 0 Å². The van der Waals surface area contributed by atoms with Crippen molar-refractivity contribution in [2.45, 2.75) is 46.6 Å². The SMILES string of the molecule is CC(C)OCCNC(=O)CCOCCC(=O)C(C)C. The second-order valence-electron chi connectivity index (χ2n) is 5.00. The van der Waals surface area contributed by atoms with Gasteiger partial charge in [-0.05, 0) is 13.8 Å². The van der Waals surface area contributed by atoms with Crippen LogP contribution in [0.5, 0.6) is 0 Å². The summed E-state index contributed by atoms with van der Waals surface area (Å²) in [5.41, 5.74) is 0. The molecule has 19 heavy (non-hydrogen) atoms. The number of ether oxygens (including phenoxy) is 2. The van der Waals surface area contributed by atoms with Crippen LogP contribution in [0, 0.1) is 5.92 Å². The Bertz CT molecular complexity index is 264. The zero-order valence-corrected chi connectivity index (χ0v) is 12.5. The third-order valence-electron chi connectivity index (χ3n) is 2.49. The van der Waals surface area contributed by atoms with E-state index in [1.165, 1.54) is 0 Å². The fourth-order valence-corrected chi connectivity index (χ4v) is 1.30. The summed E-state index contributed by atoms with van der Waals surface area (Å²) in [7, 11) is 0. The molecule has 0 radical (unpaired) electrons. The number of carbonyl (C=O) groups is 2. The molecule has 112 valence electrons. The number of Topliss-reactive ketones (excluding diaryl/α,β-unsaturated/α-hetero) is 1. The van der Waals surface area contributed by atoms with Crippen LogP contribution in [0.15, 0.2) is 0 Å². The van der Waals surface area contributed by atoms with E-state index in [4.69, 9.17) is 9.47 Å². The molecule has 0 aromatic rings. The molecule has 0 aromatic carbocycles. The molecular formula is C14H27NO4. The molecule has 0 spiro atoms. The number of hydrogen-bond donors (Lipinski definition) is 1. The quantitative estimate of drug-likeness (QED) is 0.580. The van der Waals surface area contributed by atoms with Gasteiger partial charge in [0.1, 0.15) is 5.78 Å².